The molecular weight excluding hydrogens is 409 g/mol. The molecule has 4 heterocycles. The number of likely N-dealkylation sites (N-methyl/N-ethyl adjacent to an activating group) is 1. The molecule has 0 radical (unpaired) electrons. The molecule has 1 N–H and O–H groups in total. The van der Waals surface area contributed by atoms with Crippen molar-refractivity contribution in [2.75, 3.05) is 41.9 Å². The quantitative estimate of drug-likeness (QED) is 0.668. The summed E-state index contributed by atoms with van der Waals surface area (Å²) in [5.74, 6) is 2.72. The lowest BCUT2D eigenvalue weighted by Crippen LogP contribution is -2.40. The summed E-state index contributed by atoms with van der Waals surface area (Å²) in [7, 11) is 1.98. The average Bonchev–Trinajstić information content (AvgIpc) is 2.81. The third kappa shape index (κ3) is 4.15. The summed E-state index contributed by atoms with van der Waals surface area (Å²) in [5.41, 5.74) is 1.96. The van der Waals surface area contributed by atoms with Gasteiger partial charge in [-0.25, -0.2) is 19.3 Å². The van der Waals surface area contributed by atoms with Gasteiger partial charge in [0.25, 0.3) is 0 Å². The third-order valence-corrected chi connectivity index (χ3v) is 6.13. The van der Waals surface area contributed by atoms with Gasteiger partial charge in [-0.3, -0.25) is 0 Å². The number of nitrogens with zero attached hydrogens (tertiary/aromatic N) is 6. The first-order valence-electron chi connectivity index (χ1n) is 10.8. The SMILES string of the molecule is Cc1cc(N2CCC(Nc3ncc4c(n3)N(C)C(c3ccc(F)cc3)CO4)CC2)ncn1. The lowest BCUT2D eigenvalue weighted by Gasteiger charge is -2.35. The second-order valence-electron chi connectivity index (χ2n) is 8.29. The van der Waals surface area contributed by atoms with Crippen molar-refractivity contribution in [3.05, 3.63) is 59.9 Å². The Morgan fingerprint density at radius 3 is 2.62 bits per heavy atom. The predicted molar refractivity (Wildman–Crippen MR) is 121 cm³/mol. The first-order chi connectivity index (χ1) is 15.6. The van der Waals surface area contributed by atoms with Crippen LogP contribution in [0.5, 0.6) is 5.75 Å². The average molecular weight is 436 g/mol. The van der Waals surface area contributed by atoms with Gasteiger partial charge >= 0.3 is 0 Å². The van der Waals surface area contributed by atoms with Crippen molar-refractivity contribution in [3.8, 4) is 5.75 Å². The van der Waals surface area contributed by atoms with E-state index in [1.807, 2.05) is 20.0 Å². The predicted octanol–water partition coefficient (Wildman–Crippen LogP) is 3.36. The summed E-state index contributed by atoms with van der Waals surface area (Å²) in [6, 6.07) is 8.80. The van der Waals surface area contributed by atoms with Crippen LogP contribution in [-0.4, -0.2) is 52.7 Å². The highest BCUT2D eigenvalue weighted by atomic mass is 19.1. The van der Waals surface area contributed by atoms with Gasteiger partial charge in [-0.2, -0.15) is 4.98 Å². The van der Waals surface area contributed by atoms with Crippen molar-refractivity contribution in [1.29, 1.82) is 0 Å². The fourth-order valence-electron chi connectivity index (χ4n) is 4.27. The molecule has 9 heteroatoms. The van der Waals surface area contributed by atoms with Gasteiger partial charge in [0.2, 0.25) is 5.95 Å². The van der Waals surface area contributed by atoms with Gasteiger partial charge in [0, 0.05) is 37.9 Å². The number of nitrogens with one attached hydrogen (secondary N) is 1. The van der Waals surface area contributed by atoms with Crippen LogP contribution in [0.25, 0.3) is 0 Å². The molecule has 0 aliphatic carbocycles. The van der Waals surface area contributed by atoms with Crippen molar-refractivity contribution >= 4 is 17.6 Å². The number of aryl methyl sites for hydroxylation is 1. The van der Waals surface area contributed by atoms with Crippen molar-refractivity contribution in [2.24, 2.45) is 0 Å². The van der Waals surface area contributed by atoms with E-state index < -0.39 is 0 Å². The Labute approximate surface area is 186 Å². The summed E-state index contributed by atoms with van der Waals surface area (Å²) >= 11 is 0. The maximum absolute atomic E-state index is 13.3. The molecule has 0 spiro atoms. The number of anilines is 3. The van der Waals surface area contributed by atoms with E-state index in [0.29, 0.717) is 18.3 Å². The highest BCUT2D eigenvalue weighted by molar-refractivity contribution is 5.57. The Hall–Kier alpha value is -3.49. The summed E-state index contributed by atoms with van der Waals surface area (Å²) in [5, 5.41) is 3.48. The molecule has 2 aromatic heterocycles. The smallest absolute Gasteiger partial charge is 0.225 e. The molecule has 166 valence electrons. The Balaban J connectivity index is 1.25. The second kappa shape index (κ2) is 8.57. The van der Waals surface area contributed by atoms with Crippen LogP contribution in [0.3, 0.4) is 0 Å². The molecule has 0 amide bonds. The normalized spacial score (nSPS) is 18.8. The van der Waals surface area contributed by atoms with E-state index in [1.54, 1.807) is 24.7 Å². The van der Waals surface area contributed by atoms with Gasteiger partial charge in [-0.1, -0.05) is 12.1 Å². The first kappa shape index (κ1) is 20.4. The zero-order chi connectivity index (χ0) is 22.1. The van der Waals surface area contributed by atoms with Gasteiger partial charge in [-0.05, 0) is 37.5 Å². The number of rotatable bonds is 4. The van der Waals surface area contributed by atoms with E-state index in [-0.39, 0.29) is 17.9 Å². The molecule has 2 aliphatic heterocycles. The van der Waals surface area contributed by atoms with Crippen LogP contribution < -0.4 is 19.9 Å². The van der Waals surface area contributed by atoms with Gasteiger partial charge in [-0.15, -0.1) is 0 Å². The van der Waals surface area contributed by atoms with Crippen molar-refractivity contribution in [2.45, 2.75) is 31.8 Å². The van der Waals surface area contributed by atoms with Crippen LogP contribution in [-0.2, 0) is 0 Å². The number of hydrogen-bond acceptors (Lipinski definition) is 8. The molecule has 1 saturated heterocycles. The van der Waals surface area contributed by atoms with Crippen molar-refractivity contribution in [1.82, 2.24) is 19.9 Å². The fraction of sp³-hybridized carbons (Fsp3) is 0.391. The molecule has 32 heavy (non-hydrogen) atoms. The molecule has 3 aromatic rings. The number of aromatic nitrogens is 4. The third-order valence-electron chi connectivity index (χ3n) is 6.13. The van der Waals surface area contributed by atoms with E-state index in [2.05, 4.69) is 30.1 Å². The van der Waals surface area contributed by atoms with Crippen molar-refractivity contribution < 1.29 is 9.13 Å². The Morgan fingerprint density at radius 2 is 1.88 bits per heavy atom. The monoisotopic (exact) mass is 435 g/mol. The lowest BCUT2D eigenvalue weighted by molar-refractivity contribution is 0.265. The molecule has 0 bridgehead atoms. The molecule has 1 aromatic carbocycles. The Morgan fingerprint density at radius 1 is 1.09 bits per heavy atom. The standard InChI is InChI=1S/C23H26FN7O/c1-15-11-21(27-14-26-15)31-9-7-18(8-10-31)28-23-25-12-20-22(29-23)30(2)19(13-32-20)16-3-5-17(24)6-4-16/h3-6,11-12,14,18-19H,7-10,13H2,1-2H3,(H,25,28,29). The van der Waals surface area contributed by atoms with Crippen LogP contribution in [0.1, 0.15) is 30.1 Å². The molecule has 1 unspecified atom stereocenters. The van der Waals surface area contributed by atoms with Gasteiger partial charge in [0.15, 0.2) is 11.6 Å². The molecule has 8 nitrogen and oxygen atoms in total. The zero-order valence-corrected chi connectivity index (χ0v) is 18.2. The van der Waals surface area contributed by atoms with E-state index in [1.165, 1.54) is 12.1 Å². The number of hydrogen-bond donors (Lipinski definition) is 1. The number of fused-ring (bicyclic) bond motifs is 1. The molecular formula is C23H26FN7O. The summed E-state index contributed by atoms with van der Waals surface area (Å²) < 4.78 is 19.2. The van der Waals surface area contributed by atoms with Crippen LogP contribution in [0.4, 0.5) is 22.0 Å². The van der Waals surface area contributed by atoms with Gasteiger partial charge < -0.3 is 19.9 Å². The first-order valence-corrected chi connectivity index (χ1v) is 10.8. The van der Waals surface area contributed by atoms with E-state index in [4.69, 9.17) is 9.72 Å². The Kier molecular flexibility index (Phi) is 5.46. The summed E-state index contributed by atoms with van der Waals surface area (Å²) in [4.78, 5) is 22.1. The summed E-state index contributed by atoms with van der Waals surface area (Å²) in [6.07, 6.45) is 5.27. The minimum absolute atomic E-state index is 0.0367. The second-order valence-corrected chi connectivity index (χ2v) is 8.29. The van der Waals surface area contributed by atoms with Gasteiger partial charge in [0.05, 0.1) is 12.2 Å². The summed E-state index contributed by atoms with van der Waals surface area (Å²) in [6.45, 7) is 4.27. The highest BCUT2D eigenvalue weighted by Gasteiger charge is 2.29. The molecule has 0 saturated carbocycles. The minimum atomic E-state index is -0.247. The van der Waals surface area contributed by atoms with Crippen LogP contribution in [0.2, 0.25) is 0 Å². The number of benzene rings is 1. The lowest BCUT2D eigenvalue weighted by atomic mass is 10.0. The highest BCUT2D eigenvalue weighted by Crippen LogP contribution is 2.37. The molecule has 1 atom stereocenters. The van der Waals surface area contributed by atoms with Gasteiger partial charge in [0.1, 0.15) is 24.6 Å². The molecule has 1 fully saturated rings. The molecule has 5 rings (SSSR count). The number of halogens is 1. The maximum Gasteiger partial charge on any atom is 0.225 e. The number of ether oxygens (including phenoxy) is 1. The Bertz CT molecular complexity index is 1090. The van der Waals surface area contributed by atoms with E-state index in [9.17, 15) is 4.39 Å². The largest absolute Gasteiger partial charge is 0.486 e. The van der Waals surface area contributed by atoms with Crippen LogP contribution >= 0.6 is 0 Å². The zero-order valence-electron chi connectivity index (χ0n) is 18.2. The number of piperidine rings is 1. The molecule has 2 aliphatic rings. The minimum Gasteiger partial charge on any atom is -0.486 e. The van der Waals surface area contributed by atoms with Crippen LogP contribution in [0, 0.1) is 12.7 Å². The van der Waals surface area contributed by atoms with Crippen LogP contribution in [0.15, 0.2) is 42.9 Å². The van der Waals surface area contributed by atoms with E-state index >= 15 is 0 Å². The topological polar surface area (TPSA) is 79.3 Å². The maximum atomic E-state index is 13.3. The fourth-order valence-corrected chi connectivity index (χ4v) is 4.27. The van der Waals surface area contributed by atoms with Crippen molar-refractivity contribution in [3.63, 3.8) is 0 Å². The van der Waals surface area contributed by atoms with E-state index in [0.717, 1.165) is 48.8 Å².